The third-order valence-electron chi connectivity index (χ3n) is 6.12. The van der Waals surface area contributed by atoms with Gasteiger partial charge in [-0.2, -0.15) is 0 Å². The fraction of sp³-hybridized carbons (Fsp3) is 0.214. The van der Waals surface area contributed by atoms with Crippen molar-refractivity contribution in [3.63, 3.8) is 0 Å². The van der Waals surface area contributed by atoms with Gasteiger partial charge in [0.15, 0.2) is 5.76 Å². The Labute approximate surface area is 193 Å². The van der Waals surface area contributed by atoms with E-state index in [2.05, 4.69) is 36.4 Å². The second-order valence-electron chi connectivity index (χ2n) is 8.35. The van der Waals surface area contributed by atoms with Crippen LogP contribution < -0.4 is 0 Å². The summed E-state index contributed by atoms with van der Waals surface area (Å²) in [6, 6.07) is 28.8. The van der Waals surface area contributed by atoms with E-state index >= 15 is 0 Å². The Morgan fingerprint density at radius 3 is 2.03 bits per heavy atom. The first kappa shape index (κ1) is 21.2. The molecule has 0 bridgehead atoms. The highest BCUT2D eigenvalue weighted by Gasteiger charge is 2.38. The normalized spacial score (nSPS) is 19.5. The average molecular weight is 440 g/mol. The highest BCUT2D eigenvalue weighted by atomic mass is 16.6. The van der Waals surface area contributed by atoms with Gasteiger partial charge in [0, 0.05) is 12.5 Å². The maximum atomic E-state index is 12.7. The molecule has 166 valence electrons. The lowest BCUT2D eigenvalue weighted by molar-refractivity contribution is -0.124. The molecular weight excluding hydrogens is 414 g/mol. The van der Waals surface area contributed by atoms with Gasteiger partial charge in [0.2, 0.25) is 0 Å². The van der Waals surface area contributed by atoms with Crippen LogP contribution in [0.25, 0.3) is 6.08 Å². The Morgan fingerprint density at radius 1 is 0.848 bits per heavy atom. The van der Waals surface area contributed by atoms with E-state index < -0.39 is 12.0 Å². The quantitative estimate of drug-likeness (QED) is 0.383. The lowest BCUT2D eigenvalue weighted by Crippen LogP contribution is -2.35. The van der Waals surface area contributed by atoms with Crippen LogP contribution in [-0.4, -0.2) is 36.2 Å². The van der Waals surface area contributed by atoms with Gasteiger partial charge >= 0.3 is 6.09 Å². The van der Waals surface area contributed by atoms with Gasteiger partial charge in [0.25, 0.3) is 5.91 Å². The van der Waals surface area contributed by atoms with Crippen LogP contribution >= 0.6 is 0 Å². The Kier molecular flexibility index (Phi) is 6.05. The third-order valence-corrected chi connectivity index (χ3v) is 6.12. The number of carbonyl (C=O) groups is 2. The lowest BCUT2D eigenvalue weighted by atomic mass is 9.85. The van der Waals surface area contributed by atoms with Crippen LogP contribution in [0.15, 0.2) is 90.7 Å². The molecule has 0 radical (unpaired) electrons. The molecule has 5 rings (SSSR count). The van der Waals surface area contributed by atoms with Gasteiger partial charge in [-0.25, -0.2) is 9.69 Å². The van der Waals surface area contributed by atoms with Gasteiger partial charge in [0.1, 0.15) is 0 Å². The van der Waals surface area contributed by atoms with Crippen molar-refractivity contribution in [1.82, 2.24) is 4.90 Å². The molecule has 0 aromatic heterocycles. The molecule has 33 heavy (non-hydrogen) atoms. The minimum Gasteiger partial charge on any atom is -0.404 e. The molecule has 2 aliphatic heterocycles. The minimum atomic E-state index is -0.633. The number of ether oxygens (including phenoxy) is 2. The van der Waals surface area contributed by atoms with Gasteiger partial charge in [-0.3, -0.25) is 4.79 Å². The fourth-order valence-corrected chi connectivity index (χ4v) is 4.45. The maximum Gasteiger partial charge on any atom is 0.422 e. The molecule has 0 spiro atoms. The number of rotatable bonds is 6. The Morgan fingerprint density at radius 2 is 1.45 bits per heavy atom. The van der Waals surface area contributed by atoms with E-state index in [0.717, 1.165) is 28.9 Å². The molecule has 3 aromatic rings. The summed E-state index contributed by atoms with van der Waals surface area (Å²) in [5, 5.41) is 0. The summed E-state index contributed by atoms with van der Waals surface area (Å²) in [6.07, 6.45) is 2.69. The predicted octanol–water partition coefficient (Wildman–Crippen LogP) is 5.37. The second kappa shape index (κ2) is 9.43. The lowest BCUT2D eigenvalue weighted by Gasteiger charge is -2.19. The number of cyclic esters (lactones) is 1. The highest BCUT2D eigenvalue weighted by molar-refractivity contribution is 6.09. The van der Waals surface area contributed by atoms with Crippen LogP contribution in [0.3, 0.4) is 0 Å². The molecule has 2 heterocycles. The molecule has 0 saturated carbocycles. The summed E-state index contributed by atoms with van der Waals surface area (Å²) < 4.78 is 10.8. The first-order valence-corrected chi connectivity index (χ1v) is 11.3. The molecule has 0 N–H and O–H groups in total. The number of imide groups is 1. The molecule has 5 nitrogen and oxygen atoms in total. The van der Waals surface area contributed by atoms with Crippen LogP contribution in [0.5, 0.6) is 0 Å². The molecular formula is C28H25NO4. The minimum absolute atomic E-state index is 0.0495. The van der Waals surface area contributed by atoms with Crippen molar-refractivity contribution < 1.29 is 19.1 Å². The van der Waals surface area contributed by atoms with Crippen molar-refractivity contribution in [2.24, 2.45) is 0 Å². The number of hydrogen-bond acceptors (Lipinski definition) is 4. The zero-order chi connectivity index (χ0) is 22.6. The zero-order valence-corrected chi connectivity index (χ0v) is 18.2. The summed E-state index contributed by atoms with van der Waals surface area (Å²) in [5.74, 6) is -0.263. The van der Waals surface area contributed by atoms with Crippen molar-refractivity contribution in [2.75, 3.05) is 13.2 Å². The van der Waals surface area contributed by atoms with Crippen LogP contribution in [-0.2, 0) is 14.3 Å². The molecule has 2 aliphatic rings. The number of benzene rings is 3. The predicted molar refractivity (Wildman–Crippen MR) is 125 cm³/mol. The molecule has 2 saturated heterocycles. The van der Waals surface area contributed by atoms with E-state index in [4.69, 9.17) is 9.47 Å². The first-order chi connectivity index (χ1) is 16.2. The summed E-state index contributed by atoms with van der Waals surface area (Å²) in [4.78, 5) is 26.1. The number of carbonyl (C=O) groups excluding carboxylic acids is 2. The number of hydrogen-bond donors (Lipinski definition) is 0. The van der Waals surface area contributed by atoms with Gasteiger partial charge in [-0.05, 0) is 41.2 Å². The van der Waals surface area contributed by atoms with E-state index in [-0.39, 0.29) is 24.3 Å². The SMILES string of the molecule is O=C1O/C(=C/c2ccc(C(c3ccccc3)c3ccccc3)cc2)C(=O)N1CC1CCCO1. The molecule has 1 atom stereocenters. The van der Waals surface area contributed by atoms with Crippen LogP contribution in [0, 0.1) is 0 Å². The Hall–Kier alpha value is -3.70. The van der Waals surface area contributed by atoms with Gasteiger partial charge in [-0.1, -0.05) is 84.9 Å². The van der Waals surface area contributed by atoms with Crippen molar-refractivity contribution >= 4 is 18.1 Å². The van der Waals surface area contributed by atoms with Crippen molar-refractivity contribution in [3.05, 3.63) is 113 Å². The second-order valence-corrected chi connectivity index (χ2v) is 8.35. The summed E-state index contributed by atoms with van der Waals surface area (Å²) >= 11 is 0. The summed E-state index contributed by atoms with van der Waals surface area (Å²) in [7, 11) is 0. The number of nitrogens with zero attached hydrogens (tertiary/aromatic N) is 1. The standard InChI is InChI=1S/C28H25NO4/c30-27-25(33-28(31)29(27)19-24-12-7-17-32-24)18-20-13-15-23(16-14-20)26(21-8-3-1-4-9-21)22-10-5-2-6-11-22/h1-6,8-11,13-16,18,24,26H,7,12,17,19H2/b25-18+. The van der Waals surface area contributed by atoms with Gasteiger partial charge < -0.3 is 9.47 Å². The molecule has 3 aromatic carbocycles. The third kappa shape index (κ3) is 4.59. The average Bonchev–Trinajstić information content (AvgIpc) is 3.46. The molecule has 2 amide bonds. The maximum absolute atomic E-state index is 12.7. The summed E-state index contributed by atoms with van der Waals surface area (Å²) in [6.45, 7) is 0.910. The first-order valence-electron chi connectivity index (χ1n) is 11.3. The van der Waals surface area contributed by atoms with E-state index in [1.807, 2.05) is 48.5 Å². The molecule has 2 fully saturated rings. The highest BCUT2D eigenvalue weighted by Crippen LogP contribution is 2.32. The van der Waals surface area contributed by atoms with E-state index in [9.17, 15) is 9.59 Å². The van der Waals surface area contributed by atoms with Crippen LogP contribution in [0.4, 0.5) is 4.79 Å². The van der Waals surface area contributed by atoms with Gasteiger partial charge in [-0.15, -0.1) is 0 Å². The van der Waals surface area contributed by atoms with Crippen LogP contribution in [0.2, 0.25) is 0 Å². The van der Waals surface area contributed by atoms with E-state index in [0.29, 0.717) is 6.61 Å². The van der Waals surface area contributed by atoms with Crippen molar-refractivity contribution in [2.45, 2.75) is 24.9 Å². The number of amides is 2. The monoisotopic (exact) mass is 439 g/mol. The molecule has 0 aliphatic carbocycles. The topological polar surface area (TPSA) is 55.8 Å². The largest absolute Gasteiger partial charge is 0.422 e. The Bertz CT molecular complexity index is 1110. The summed E-state index contributed by atoms with van der Waals surface area (Å²) in [5.41, 5.74) is 4.36. The van der Waals surface area contributed by atoms with Crippen molar-refractivity contribution in [1.29, 1.82) is 0 Å². The smallest absolute Gasteiger partial charge is 0.404 e. The van der Waals surface area contributed by atoms with Gasteiger partial charge in [0.05, 0.1) is 12.6 Å². The van der Waals surface area contributed by atoms with E-state index in [1.165, 1.54) is 11.1 Å². The van der Waals surface area contributed by atoms with Crippen LogP contribution in [0.1, 0.15) is 41.0 Å². The molecule has 1 unspecified atom stereocenters. The zero-order valence-electron chi connectivity index (χ0n) is 18.2. The van der Waals surface area contributed by atoms with E-state index in [1.54, 1.807) is 6.08 Å². The van der Waals surface area contributed by atoms with Crippen molar-refractivity contribution in [3.8, 4) is 0 Å². The molecule has 5 heteroatoms. The Balaban J connectivity index is 1.38. The fourth-order valence-electron chi connectivity index (χ4n) is 4.45.